The van der Waals surface area contributed by atoms with Crippen LogP contribution < -0.4 is 4.74 Å². The van der Waals surface area contributed by atoms with Gasteiger partial charge in [-0.05, 0) is 53.1 Å². The Morgan fingerprint density at radius 3 is 2.76 bits per heavy atom. The van der Waals surface area contributed by atoms with Gasteiger partial charge in [-0.3, -0.25) is 9.59 Å². The average Bonchev–Trinajstić information content (AvgIpc) is 3.42. The lowest BCUT2D eigenvalue weighted by atomic mass is 9.97. The zero-order chi connectivity index (χ0) is 20.4. The van der Waals surface area contributed by atoms with Crippen molar-refractivity contribution in [2.24, 2.45) is 0 Å². The number of ether oxygens (including phenoxy) is 1. The van der Waals surface area contributed by atoms with Gasteiger partial charge in [0.15, 0.2) is 6.61 Å². The van der Waals surface area contributed by atoms with Crippen LogP contribution in [0.4, 0.5) is 0 Å². The Morgan fingerprint density at radius 1 is 1.14 bits per heavy atom. The fourth-order valence-electron chi connectivity index (χ4n) is 3.45. The van der Waals surface area contributed by atoms with Gasteiger partial charge in [-0.15, -0.1) is 22.7 Å². The molecule has 7 heteroatoms. The molecule has 0 N–H and O–H groups in total. The van der Waals surface area contributed by atoms with Crippen molar-refractivity contribution in [3.8, 4) is 5.75 Å². The molecule has 5 nitrogen and oxygen atoms in total. The number of thiophene rings is 2. The molecule has 1 aliphatic heterocycles. The van der Waals surface area contributed by atoms with Crippen LogP contribution in [0.25, 0.3) is 0 Å². The van der Waals surface area contributed by atoms with Gasteiger partial charge in [-0.1, -0.05) is 12.1 Å². The van der Waals surface area contributed by atoms with Crippen molar-refractivity contribution in [3.05, 3.63) is 74.1 Å². The highest BCUT2D eigenvalue weighted by Crippen LogP contribution is 2.40. The second kappa shape index (κ2) is 8.39. The highest BCUT2D eigenvalue weighted by atomic mass is 32.1. The van der Waals surface area contributed by atoms with Crippen molar-refractivity contribution in [2.45, 2.75) is 12.5 Å². The van der Waals surface area contributed by atoms with Crippen LogP contribution in [-0.4, -0.2) is 48.9 Å². The topological polar surface area (TPSA) is 49.9 Å². The fraction of sp³-hybridized carbons (Fsp3) is 0.273. The molecule has 0 saturated heterocycles. The number of hydrogen-bond acceptors (Lipinski definition) is 5. The molecule has 2 amide bonds. The number of rotatable bonds is 5. The number of nitrogens with zero attached hydrogens (tertiary/aromatic N) is 2. The predicted octanol–water partition coefficient (Wildman–Crippen LogP) is 4.06. The molecule has 1 atom stereocenters. The Hall–Kier alpha value is -2.64. The lowest BCUT2D eigenvalue weighted by Gasteiger charge is -2.35. The summed E-state index contributed by atoms with van der Waals surface area (Å²) >= 11 is 3.43. The van der Waals surface area contributed by atoms with E-state index in [4.69, 9.17) is 4.74 Å². The van der Waals surface area contributed by atoms with Crippen LogP contribution in [0.15, 0.2) is 53.2 Å². The summed E-state index contributed by atoms with van der Waals surface area (Å²) in [6.07, 6.45) is 0.869. The first kappa shape index (κ1) is 19.7. The van der Waals surface area contributed by atoms with Gasteiger partial charge in [-0.25, -0.2) is 0 Å². The molecule has 3 aromatic rings. The third-order valence-electron chi connectivity index (χ3n) is 4.98. The molecule has 4 rings (SSSR count). The van der Waals surface area contributed by atoms with Gasteiger partial charge < -0.3 is 14.5 Å². The fourth-order valence-corrected chi connectivity index (χ4v) is 5.21. The number of amides is 2. The number of benzene rings is 1. The summed E-state index contributed by atoms with van der Waals surface area (Å²) in [5.41, 5.74) is 1.79. The molecule has 29 heavy (non-hydrogen) atoms. The second-order valence-electron chi connectivity index (χ2n) is 7.07. The van der Waals surface area contributed by atoms with Crippen molar-refractivity contribution in [3.63, 3.8) is 0 Å². The van der Waals surface area contributed by atoms with E-state index in [1.165, 1.54) is 20.2 Å². The minimum absolute atomic E-state index is 0.0235. The van der Waals surface area contributed by atoms with Gasteiger partial charge in [0.1, 0.15) is 5.75 Å². The summed E-state index contributed by atoms with van der Waals surface area (Å²) < 4.78 is 5.59. The second-order valence-corrected chi connectivity index (χ2v) is 9.05. The van der Waals surface area contributed by atoms with Gasteiger partial charge in [0, 0.05) is 36.0 Å². The first-order valence-electron chi connectivity index (χ1n) is 9.38. The summed E-state index contributed by atoms with van der Waals surface area (Å²) in [6.45, 7) is 0.629. The van der Waals surface area contributed by atoms with Gasteiger partial charge in [-0.2, -0.15) is 0 Å². The van der Waals surface area contributed by atoms with E-state index in [9.17, 15) is 9.59 Å². The normalized spacial score (nSPS) is 15.7. The average molecular weight is 427 g/mol. The molecule has 0 fully saturated rings. The van der Waals surface area contributed by atoms with Crippen LogP contribution in [-0.2, 0) is 11.2 Å². The Balaban J connectivity index is 1.59. The number of carbonyl (C=O) groups excluding carboxylic acids is 2. The Bertz CT molecular complexity index is 1010. The van der Waals surface area contributed by atoms with Crippen LogP contribution in [0.2, 0.25) is 0 Å². The monoisotopic (exact) mass is 426 g/mol. The molecule has 0 bridgehead atoms. The van der Waals surface area contributed by atoms with Crippen molar-refractivity contribution in [1.82, 2.24) is 9.80 Å². The molecule has 0 radical (unpaired) electrons. The van der Waals surface area contributed by atoms with Crippen LogP contribution in [0, 0.1) is 0 Å². The number of carbonyl (C=O) groups is 2. The molecule has 2 aromatic heterocycles. The van der Waals surface area contributed by atoms with E-state index in [2.05, 4.69) is 22.9 Å². The SMILES string of the molecule is CN(C)C(=O)COc1cccc(C(=O)N2CCc3sccc3[C@@H]2c2cccs2)c1. The Morgan fingerprint density at radius 2 is 2.00 bits per heavy atom. The van der Waals surface area contributed by atoms with Crippen molar-refractivity contribution in [1.29, 1.82) is 0 Å². The molecule has 0 aliphatic carbocycles. The quantitative estimate of drug-likeness (QED) is 0.618. The van der Waals surface area contributed by atoms with E-state index >= 15 is 0 Å². The van der Waals surface area contributed by atoms with E-state index in [0.717, 1.165) is 6.42 Å². The van der Waals surface area contributed by atoms with E-state index in [1.54, 1.807) is 61.0 Å². The van der Waals surface area contributed by atoms with Gasteiger partial charge in [0.05, 0.1) is 6.04 Å². The van der Waals surface area contributed by atoms with Crippen molar-refractivity contribution >= 4 is 34.5 Å². The largest absolute Gasteiger partial charge is 0.484 e. The minimum Gasteiger partial charge on any atom is -0.484 e. The van der Waals surface area contributed by atoms with Crippen LogP contribution >= 0.6 is 22.7 Å². The maximum absolute atomic E-state index is 13.4. The van der Waals surface area contributed by atoms with Crippen LogP contribution in [0.1, 0.15) is 31.7 Å². The van der Waals surface area contributed by atoms with Gasteiger partial charge in [0.2, 0.25) is 0 Å². The molecule has 0 saturated carbocycles. The first-order valence-corrected chi connectivity index (χ1v) is 11.1. The molecule has 150 valence electrons. The summed E-state index contributed by atoms with van der Waals surface area (Å²) in [6, 6.07) is 13.3. The minimum atomic E-state index is -0.125. The summed E-state index contributed by atoms with van der Waals surface area (Å²) in [7, 11) is 3.37. The van der Waals surface area contributed by atoms with Crippen molar-refractivity contribution < 1.29 is 14.3 Å². The summed E-state index contributed by atoms with van der Waals surface area (Å²) in [5, 5.41) is 4.16. The molecule has 1 aromatic carbocycles. The van der Waals surface area contributed by atoms with Gasteiger partial charge >= 0.3 is 0 Å². The zero-order valence-electron chi connectivity index (χ0n) is 16.3. The highest BCUT2D eigenvalue weighted by Gasteiger charge is 2.34. The summed E-state index contributed by atoms with van der Waals surface area (Å²) in [4.78, 5) is 31.2. The number of fused-ring (bicyclic) bond motifs is 1. The van der Waals surface area contributed by atoms with Crippen LogP contribution in [0.3, 0.4) is 0 Å². The Kier molecular flexibility index (Phi) is 5.69. The number of hydrogen-bond donors (Lipinski definition) is 0. The predicted molar refractivity (Wildman–Crippen MR) is 116 cm³/mol. The van der Waals surface area contributed by atoms with E-state index in [1.807, 2.05) is 11.0 Å². The third kappa shape index (κ3) is 4.06. The lowest BCUT2D eigenvalue weighted by molar-refractivity contribution is -0.130. The van der Waals surface area contributed by atoms with Gasteiger partial charge in [0.25, 0.3) is 11.8 Å². The molecular weight excluding hydrogens is 404 g/mol. The van der Waals surface area contributed by atoms with E-state index in [-0.39, 0.29) is 24.5 Å². The maximum Gasteiger partial charge on any atom is 0.259 e. The standard InChI is InChI=1S/C22H22N2O3S2/c1-23(2)20(25)14-27-16-6-3-5-15(13-16)22(26)24-10-8-18-17(9-12-29-18)21(24)19-7-4-11-28-19/h3-7,9,11-13,21H,8,10,14H2,1-2H3/t21-/m1/s1. The third-order valence-corrected chi connectivity index (χ3v) is 6.90. The smallest absolute Gasteiger partial charge is 0.259 e. The molecule has 3 heterocycles. The van der Waals surface area contributed by atoms with E-state index < -0.39 is 0 Å². The first-order chi connectivity index (χ1) is 14.0. The molecular formula is C22H22N2O3S2. The van der Waals surface area contributed by atoms with Crippen LogP contribution in [0.5, 0.6) is 5.75 Å². The maximum atomic E-state index is 13.4. The molecule has 0 spiro atoms. The summed E-state index contributed by atoms with van der Waals surface area (Å²) in [5.74, 6) is 0.372. The lowest BCUT2D eigenvalue weighted by Crippen LogP contribution is -2.39. The molecule has 1 aliphatic rings. The molecule has 0 unspecified atom stereocenters. The zero-order valence-corrected chi connectivity index (χ0v) is 18.0. The van der Waals surface area contributed by atoms with E-state index in [0.29, 0.717) is 17.9 Å². The Labute approximate surface area is 178 Å². The number of likely N-dealkylation sites (N-methyl/N-ethyl adjacent to an activating group) is 1. The van der Waals surface area contributed by atoms with Crippen molar-refractivity contribution in [2.75, 3.05) is 27.2 Å². The highest BCUT2D eigenvalue weighted by molar-refractivity contribution is 7.10.